The van der Waals surface area contributed by atoms with Crippen LogP contribution in [0.4, 0.5) is 10.3 Å². The molecule has 0 atom stereocenters. The first-order chi connectivity index (χ1) is 7.56. The fraction of sp³-hybridized carbons (Fsp3) is 0.100. The van der Waals surface area contributed by atoms with Gasteiger partial charge in [-0.05, 0) is 12.1 Å². The second kappa shape index (κ2) is 3.73. The van der Waals surface area contributed by atoms with Gasteiger partial charge in [0.15, 0.2) is 0 Å². The van der Waals surface area contributed by atoms with E-state index in [-0.39, 0.29) is 18.1 Å². The van der Waals surface area contributed by atoms with Crippen molar-refractivity contribution in [3.8, 4) is 0 Å². The van der Waals surface area contributed by atoms with Crippen LogP contribution in [-0.4, -0.2) is 21.0 Å². The van der Waals surface area contributed by atoms with Gasteiger partial charge in [0, 0.05) is 11.5 Å². The molecule has 0 amide bonds. The van der Waals surface area contributed by atoms with Crippen LogP contribution in [0.1, 0.15) is 5.69 Å². The van der Waals surface area contributed by atoms with Crippen LogP contribution in [0.5, 0.6) is 0 Å². The summed E-state index contributed by atoms with van der Waals surface area (Å²) in [7, 11) is 0. The summed E-state index contributed by atoms with van der Waals surface area (Å²) in [4.78, 5) is 18.3. The van der Waals surface area contributed by atoms with E-state index in [0.29, 0.717) is 10.9 Å². The van der Waals surface area contributed by atoms with E-state index in [1.165, 1.54) is 18.2 Å². The molecule has 1 aromatic carbocycles. The summed E-state index contributed by atoms with van der Waals surface area (Å²) in [5.74, 6) is -1.54. The van der Waals surface area contributed by atoms with E-state index in [2.05, 4.69) is 9.97 Å². The number of carboxylic acid groups (broad SMARTS) is 1. The summed E-state index contributed by atoms with van der Waals surface area (Å²) in [6, 6.07) is 3.87. The number of benzene rings is 1. The third-order valence-electron chi connectivity index (χ3n) is 2.07. The number of aliphatic carboxylic acids is 1. The number of halogens is 1. The number of fused-ring (bicyclic) bond motifs is 1. The van der Waals surface area contributed by atoms with Crippen molar-refractivity contribution in [1.82, 2.24) is 9.97 Å². The maximum absolute atomic E-state index is 12.9. The lowest BCUT2D eigenvalue weighted by Crippen LogP contribution is -2.06. The number of aromatic nitrogens is 2. The summed E-state index contributed by atoms with van der Waals surface area (Å²) in [5, 5.41) is 9.19. The van der Waals surface area contributed by atoms with Crippen molar-refractivity contribution in [3.05, 3.63) is 29.7 Å². The molecule has 2 rings (SSSR count). The SMILES string of the molecule is Nc1nc(CC(=O)O)c2ccc(F)cc2n1. The second-order valence-corrected chi connectivity index (χ2v) is 3.26. The Balaban J connectivity index is 2.67. The molecule has 1 heterocycles. The van der Waals surface area contributed by atoms with E-state index in [1.807, 2.05) is 0 Å². The van der Waals surface area contributed by atoms with E-state index in [4.69, 9.17) is 10.8 Å². The Hall–Kier alpha value is -2.24. The normalized spacial score (nSPS) is 10.6. The molecule has 82 valence electrons. The minimum atomic E-state index is -1.02. The Morgan fingerprint density at radius 2 is 2.19 bits per heavy atom. The van der Waals surface area contributed by atoms with Crippen molar-refractivity contribution in [2.45, 2.75) is 6.42 Å². The van der Waals surface area contributed by atoms with Crippen LogP contribution in [0.2, 0.25) is 0 Å². The van der Waals surface area contributed by atoms with E-state index < -0.39 is 11.8 Å². The number of nitrogens with zero attached hydrogens (tertiary/aromatic N) is 2. The molecule has 0 unspecified atom stereocenters. The molecule has 0 radical (unpaired) electrons. The minimum Gasteiger partial charge on any atom is -0.481 e. The Morgan fingerprint density at radius 3 is 2.88 bits per heavy atom. The van der Waals surface area contributed by atoms with Crippen molar-refractivity contribution in [1.29, 1.82) is 0 Å². The number of anilines is 1. The molecule has 5 nitrogen and oxygen atoms in total. The molecule has 1 aromatic heterocycles. The average Bonchev–Trinajstić information content (AvgIpc) is 2.15. The summed E-state index contributed by atoms with van der Waals surface area (Å²) >= 11 is 0. The number of hydrogen-bond acceptors (Lipinski definition) is 4. The molecule has 0 aliphatic heterocycles. The van der Waals surface area contributed by atoms with Gasteiger partial charge >= 0.3 is 5.97 Å². The standard InChI is InChI=1S/C10H8FN3O2/c11-5-1-2-6-7(3-5)13-10(12)14-8(6)4-9(15)16/h1-3H,4H2,(H,15,16)(H2,12,13,14). The largest absolute Gasteiger partial charge is 0.481 e. The zero-order chi connectivity index (χ0) is 11.7. The first kappa shape index (κ1) is 10.3. The Labute approximate surface area is 89.7 Å². The molecular formula is C10H8FN3O2. The Kier molecular flexibility index (Phi) is 2.40. The number of carbonyl (C=O) groups is 1. The smallest absolute Gasteiger partial charge is 0.309 e. The average molecular weight is 221 g/mol. The van der Waals surface area contributed by atoms with Crippen LogP contribution < -0.4 is 5.73 Å². The van der Waals surface area contributed by atoms with Crippen LogP contribution in [0.15, 0.2) is 18.2 Å². The monoisotopic (exact) mass is 221 g/mol. The predicted octanol–water partition coefficient (Wildman–Crippen LogP) is 0.978. The van der Waals surface area contributed by atoms with E-state index in [9.17, 15) is 9.18 Å². The summed E-state index contributed by atoms with van der Waals surface area (Å²) in [6.07, 6.45) is -0.269. The first-order valence-corrected chi connectivity index (χ1v) is 4.49. The Morgan fingerprint density at radius 1 is 1.44 bits per heavy atom. The van der Waals surface area contributed by atoms with Gasteiger partial charge < -0.3 is 10.8 Å². The van der Waals surface area contributed by atoms with Crippen LogP contribution in [-0.2, 0) is 11.2 Å². The molecule has 0 bridgehead atoms. The number of nitrogens with two attached hydrogens (primary N) is 1. The highest BCUT2D eigenvalue weighted by Crippen LogP contribution is 2.18. The molecule has 0 aliphatic carbocycles. The highest BCUT2D eigenvalue weighted by Gasteiger charge is 2.10. The van der Waals surface area contributed by atoms with Crippen molar-refractivity contribution < 1.29 is 14.3 Å². The van der Waals surface area contributed by atoms with Crippen LogP contribution >= 0.6 is 0 Å². The second-order valence-electron chi connectivity index (χ2n) is 3.26. The van der Waals surface area contributed by atoms with Gasteiger partial charge in [-0.15, -0.1) is 0 Å². The highest BCUT2D eigenvalue weighted by molar-refractivity contribution is 5.85. The van der Waals surface area contributed by atoms with Gasteiger partial charge in [-0.3, -0.25) is 4.79 Å². The molecule has 0 spiro atoms. The Bertz CT molecular complexity index is 566. The lowest BCUT2D eigenvalue weighted by Gasteiger charge is -2.04. The topological polar surface area (TPSA) is 89.1 Å². The summed E-state index contributed by atoms with van der Waals surface area (Å²) < 4.78 is 12.9. The van der Waals surface area contributed by atoms with Crippen LogP contribution in [0, 0.1) is 5.82 Å². The lowest BCUT2D eigenvalue weighted by atomic mass is 10.1. The van der Waals surface area contributed by atoms with Gasteiger partial charge in [0.25, 0.3) is 0 Å². The molecule has 3 N–H and O–H groups in total. The number of rotatable bonds is 2. The van der Waals surface area contributed by atoms with Gasteiger partial charge in [0.1, 0.15) is 5.82 Å². The summed E-state index contributed by atoms with van der Waals surface area (Å²) in [5.41, 5.74) is 6.01. The van der Waals surface area contributed by atoms with Gasteiger partial charge in [0.2, 0.25) is 5.95 Å². The number of carboxylic acids is 1. The molecule has 6 heteroatoms. The van der Waals surface area contributed by atoms with Crippen molar-refractivity contribution >= 4 is 22.8 Å². The van der Waals surface area contributed by atoms with Crippen molar-refractivity contribution in [2.24, 2.45) is 0 Å². The molecule has 2 aromatic rings. The first-order valence-electron chi connectivity index (χ1n) is 4.49. The molecule has 0 saturated heterocycles. The fourth-order valence-electron chi connectivity index (χ4n) is 1.47. The molecule has 16 heavy (non-hydrogen) atoms. The van der Waals surface area contributed by atoms with E-state index in [0.717, 1.165) is 0 Å². The zero-order valence-corrected chi connectivity index (χ0v) is 8.14. The maximum atomic E-state index is 12.9. The van der Waals surface area contributed by atoms with Crippen LogP contribution in [0.25, 0.3) is 10.9 Å². The predicted molar refractivity (Wildman–Crippen MR) is 55.2 cm³/mol. The lowest BCUT2D eigenvalue weighted by molar-refractivity contribution is -0.136. The quantitative estimate of drug-likeness (QED) is 0.788. The third-order valence-corrected chi connectivity index (χ3v) is 2.07. The molecule has 0 aliphatic rings. The van der Waals surface area contributed by atoms with Gasteiger partial charge in [-0.25, -0.2) is 14.4 Å². The van der Waals surface area contributed by atoms with Crippen LogP contribution in [0.3, 0.4) is 0 Å². The van der Waals surface area contributed by atoms with Gasteiger partial charge in [-0.2, -0.15) is 0 Å². The van der Waals surface area contributed by atoms with Gasteiger partial charge in [0.05, 0.1) is 17.6 Å². The molecular weight excluding hydrogens is 213 g/mol. The fourth-order valence-corrected chi connectivity index (χ4v) is 1.47. The molecule has 0 fully saturated rings. The summed E-state index contributed by atoms with van der Waals surface area (Å²) in [6.45, 7) is 0. The maximum Gasteiger partial charge on any atom is 0.309 e. The van der Waals surface area contributed by atoms with Gasteiger partial charge in [-0.1, -0.05) is 0 Å². The van der Waals surface area contributed by atoms with Crippen molar-refractivity contribution in [2.75, 3.05) is 5.73 Å². The number of nitrogen functional groups attached to an aromatic ring is 1. The zero-order valence-electron chi connectivity index (χ0n) is 8.14. The van der Waals surface area contributed by atoms with E-state index in [1.54, 1.807) is 0 Å². The third kappa shape index (κ3) is 1.90. The van der Waals surface area contributed by atoms with Crippen molar-refractivity contribution in [3.63, 3.8) is 0 Å². The molecule has 0 saturated carbocycles. The minimum absolute atomic E-state index is 0.0608. The number of hydrogen-bond donors (Lipinski definition) is 2. The van der Waals surface area contributed by atoms with E-state index >= 15 is 0 Å². The highest BCUT2D eigenvalue weighted by atomic mass is 19.1.